The van der Waals surface area contributed by atoms with Crippen LogP contribution in [0.3, 0.4) is 0 Å². The maximum Gasteiger partial charge on any atom is 0.222 e. The number of halogens is 1. The van der Waals surface area contributed by atoms with Crippen molar-refractivity contribution in [2.45, 2.75) is 6.92 Å². The normalized spacial score (nSPS) is 9.29. The molecule has 0 saturated carbocycles. The van der Waals surface area contributed by atoms with Gasteiger partial charge < -0.3 is 10.6 Å². The largest absolute Gasteiger partial charge is 0.331 e. The maximum absolute atomic E-state index is 10.7. The Labute approximate surface area is 96.0 Å². The molecule has 0 fully saturated rings. The zero-order valence-electron chi connectivity index (χ0n) is 7.50. The molecule has 1 amide bonds. The average Bonchev–Trinajstić information content (AvgIpc) is 2.07. The van der Waals surface area contributed by atoms with Crippen molar-refractivity contribution in [2.75, 3.05) is 5.32 Å². The molecule has 1 aromatic carbocycles. The highest BCUT2D eigenvalue weighted by Crippen LogP contribution is 2.20. The van der Waals surface area contributed by atoms with E-state index < -0.39 is 0 Å². The number of hydrogen-bond acceptors (Lipinski definition) is 2. The summed E-state index contributed by atoms with van der Waals surface area (Å²) in [6.07, 6.45) is 0. The Morgan fingerprint density at radius 1 is 1.43 bits per heavy atom. The fourth-order valence-electron chi connectivity index (χ4n) is 0.876. The number of benzene rings is 1. The molecular formula is C9H9BrN2OS. The lowest BCUT2D eigenvalue weighted by molar-refractivity contribution is -0.117. The summed E-state index contributed by atoms with van der Waals surface area (Å²) in [4.78, 5) is 10.7. The molecule has 2 N–H and O–H groups in total. The van der Waals surface area contributed by atoms with Crippen LogP contribution in [0, 0.1) is 0 Å². The zero-order chi connectivity index (χ0) is 10.6. The van der Waals surface area contributed by atoms with Gasteiger partial charge in [-0.2, -0.15) is 0 Å². The van der Waals surface area contributed by atoms with Crippen LogP contribution in [0.2, 0.25) is 0 Å². The molecule has 1 rings (SSSR count). The van der Waals surface area contributed by atoms with Gasteiger partial charge in [-0.15, -0.1) is 0 Å². The van der Waals surface area contributed by atoms with Crippen molar-refractivity contribution in [2.24, 2.45) is 0 Å². The Kier molecular flexibility index (Phi) is 4.03. The third-order valence-electron chi connectivity index (χ3n) is 1.41. The van der Waals surface area contributed by atoms with Crippen LogP contribution in [-0.2, 0) is 4.79 Å². The first kappa shape index (κ1) is 11.1. The molecule has 0 aromatic heterocycles. The first-order chi connectivity index (χ1) is 6.59. The minimum Gasteiger partial charge on any atom is -0.331 e. The lowest BCUT2D eigenvalue weighted by atomic mass is 10.3. The Morgan fingerprint density at radius 2 is 2.07 bits per heavy atom. The Hall–Kier alpha value is -0.940. The molecule has 74 valence electrons. The van der Waals surface area contributed by atoms with E-state index in [1.54, 1.807) is 0 Å². The second-order valence-electron chi connectivity index (χ2n) is 2.62. The van der Waals surface area contributed by atoms with Gasteiger partial charge in [0.15, 0.2) is 5.11 Å². The van der Waals surface area contributed by atoms with Crippen LogP contribution in [0.25, 0.3) is 0 Å². The number of rotatable bonds is 1. The summed E-state index contributed by atoms with van der Waals surface area (Å²) in [5.74, 6) is -0.186. The number of amides is 1. The van der Waals surface area contributed by atoms with Gasteiger partial charge in [0.25, 0.3) is 0 Å². The summed E-state index contributed by atoms with van der Waals surface area (Å²) in [5.41, 5.74) is 0.825. The minimum atomic E-state index is -0.186. The van der Waals surface area contributed by atoms with E-state index in [1.165, 1.54) is 6.92 Å². The summed E-state index contributed by atoms with van der Waals surface area (Å²) < 4.78 is 0.896. The third-order valence-corrected chi connectivity index (χ3v) is 2.31. The molecular weight excluding hydrogens is 264 g/mol. The van der Waals surface area contributed by atoms with Crippen LogP contribution in [0.4, 0.5) is 5.69 Å². The highest BCUT2D eigenvalue weighted by molar-refractivity contribution is 9.10. The smallest absolute Gasteiger partial charge is 0.222 e. The predicted molar refractivity (Wildman–Crippen MR) is 64.2 cm³/mol. The molecule has 0 bridgehead atoms. The Bertz CT molecular complexity index is 368. The van der Waals surface area contributed by atoms with E-state index in [0.29, 0.717) is 5.11 Å². The van der Waals surface area contributed by atoms with Gasteiger partial charge in [0.2, 0.25) is 5.91 Å². The number of para-hydroxylation sites is 1. The average molecular weight is 273 g/mol. The van der Waals surface area contributed by atoms with E-state index in [-0.39, 0.29) is 5.91 Å². The lowest BCUT2D eigenvalue weighted by Crippen LogP contribution is -2.32. The summed E-state index contributed by atoms with van der Waals surface area (Å²) in [6.45, 7) is 1.41. The topological polar surface area (TPSA) is 41.1 Å². The van der Waals surface area contributed by atoms with E-state index in [1.807, 2.05) is 24.3 Å². The molecule has 0 saturated heterocycles. The summed E-state index contributed by atoms with van der Waals surface area (Å²) in [6, 6.07) is 7.52. The Balaban J connectivity index is 2.65. The number of hydrogen-bond donors (Lipinski definition) is 2. The van der Waals surface area contributed by atoms with Gasteiger partial charge in [-0.25, -0.2) is 0 Å². The molecule has 3 nitrogen and oxygen atoms in total. The molecule has 1 aromatic rings. The fraction of sp³-hybridized carbons (Fsp3) is 0.111. The highest BCUT2D eigenvalue weighted by Gasteiger charge is 2.01. The van der Waals surface area contributed by atoms with Crippen molar-refractivity contribution in [1.82, 2.24) is 5.32 Å². The van der Waals surface area contributed by atoms with Gasteiger partial charge in [0, 0.05) is 11.4 Å². The van der Waals surface area contributed by atoms with Crippen molar-refractivity contribution in [3.05, 3.63) is 28.7 Å². The van der Waals surface area contributed by atoms with Crippen LogP contribution < -0.4 is 10.6 Å². The van der Waals surface area contributed by atoms with Crippen LogP contribution in [0.5, 0.6) is 0 Å². The highest BCUT2D eigenvalue weighted by atomic mass is 79.9. The predicted octanol–water partition coefficient (Wildman–Crippen LogP) is 2.28. The molecule has 0 spiro atoms. The first-order valence-electron chi connectivity index (χ1n) is 3.92. The van der Waals surface area contributed by atoms with Crippen LogP contribution in [0.1, 0.15) is 6.92 Å². The van der Waals surface area contributed by atoms with Gasteiger partial charge in [0.05, 0.1) is 5.69 Å². The van der Waals surface area contributed by atoms with Gasteiger partial charge >= 0.3 is 0 Å². The number of carbonyl (C=O) groups is 1. The molecule has 14 heavy (non-hydrogen) atoms. The molecule has 0 atom stereocenters. The number of thiocarbonyl (C=S) groups is 1. The molecule has 0 radical (unpaired) electrons. The third kappa shape index (κ3) is 3.43. The van der Waals surface area contributed by atoms with E-state index in [4.69, 9.17) is 12.2 Å². The summed E-state index contributed by atoms with van der Waals surface area (Å²) in [5, 5.41) is 5.67. The van der Waals surface area contributed by atoms with E-state index in [2.05, 4.69) is 26.6 Å². The van der Waals surface area contributed by atoms with Crippen LogP contribution in [-0.4, -0.2) is 11.0 Å². The number of carbonyl (C=O) groups excluding carboxylic acids is 1. The van der Waals surface area contributed by atoms with Crippen molar-refractivity contribution >= 4 is 44.9 Å². The van der Waals surface area contributed by atoms with Gasteiger partial charge in [0.1, 0.15) is 0 Å². The summed E-state index contributed by atoms with van der Waals surface area (Å²) in [7, 11) is 0. The van der Waals surface area contributed by atoms with E-state index in [0.717, 1.165) is 10.2 Å². The first-order valence-corrected chi connectivity index (χ1v) is 5.13. The van der Waals surface area contributed by atoms with E-state index >= 15 is 0 Å². The van der Waals surface area contributed by atoms with Crippen molar-refractivity contribution in [3.8, 4) is 0 Å². The van der Waals surface area contributed by atoms with Gasteiger partial charge in [-0.1, -0.05) is 12.1 Å². The molecule has 0 aliphatic heterocycles. The number of nitrogens with one attached hydrogen (secondary N) is 2. The van der Waals surface area contributed by atoms with Crippen LogP contribution in [0.15, 0.2) is 28.7 Å². The molecule has 0 aliphatic rings. The monoisotopic (exact) mass is 272 g/mol. The maximum atomic E-state index is 10.7. The number of anilines is 1. The fourth-order valence-corrected chi connectivity index (χ4v) is 1.51. The van der Waals surface area contributed by atoms with Crippen molar-refractivity contribution < 1.29 is 4.79 Å². The second kappa shape index (κ2) is 5.07. The molecule has 5 heteroatoms. The zero-order valence-corrected chi connectivity index (χ0v) is 9.91. The standard InChI is InChI=1S/C9H9BrN2OS/c1-6(13)11-9(14)12-8-5-3-2-4-7(8)10/h2-5H,1H3,(H2,11,12,13,14). The summed E-state index contributed by atoms with van der Waals surface area (Å²) >= 11 is 8.26. The second-order valence-corrected chi connectivity index (χ2v) is 3.88. The molecule has 0 heterocycles. The SMILES string of the molecule is CC(=O)NC(=S)Nc1ccccc1Br. The van der Waals surface area contributed by atoms with Crippen LogP contribution >= 0.6 is 28.1 Å². The lowest BCUT2D eigenvalue weighted by Gasteiger charge is -2.08. The van der Waals surface area contributed by atoms with Crippen molar-refractivity contribution in [3.63, 3.8) is 0 Å². The Morgan fingerprint density at radius 3 is 2.64 bits per heavy atom. The molecule has 0 unspecified atom stereocenters. The minimum absolute atomic E-state index is 0.186. The molecule has 0 aliphatic carbocycles. The van der Waals surface area contributed by atoms with Gasteiger partial charge in [-0.05, 0) is 40.3 Å². The van der Waals surface area contributed by atoms with E-state index in [9.17, 15) is 4.79 Å². The van der Waals surface area contributed by atoms with Crippen molar-refractivity contribution in [1.29, 1.82) is 0 Å². The quantitative estimate of drug-likeness (QED) is 0.771. The van der Waals surface area contributed by atoms with Gasteiger partial charge in [-0.3, -0.25) is 4.79 Å².